The summed E-state index contributed by atoms with van der Waals surface area (Å²) in [6.07, 6.45) is 3.53. The summed E-state index contributed by atoms with van der Waals surface area (Å²) in [7, 11) is -3.37. The van der Waals surface area contributed by atoms with Crippen molar-refractivity contribution in [3.8, 4) is 0 Å². The Balaban J connectivity index is 3.09. The van der Waals surface area contributed by atoms with E-state index in [4.69, 9.17) is 9.05 Å². The molecule has 1 unspecified atom stereocenters. The van der Waals surface area contributed by atoms with Crippen molar-refractivity contribution >= 4 is 7.75 Å². The molecule has 0 heterocycles. The molecule has 1 aromatic rings. The van der Waals surface area contributed by atoms with Crippen LogP contribution < -0.4 is 5.09 Å². The van der Waals surface area contributed by atoms with Crippen LogP contribution in [-0.4, -0.2) is 13.2 Å². The van der Waals surface area contributed by atoms with Gasteiger partial charge in [-0.1, -0.05) is 42.5 Å². The van der Waals surface area contributed by atoms with E-state index in [9.17, 15) is 4.57 Å². The molecule has 0 spiro atoms. The smallest absolute Gasteiger partial charge is 0.297 e. The van der Waals surface area contributed by atoms with Gasteiger partial charge in [0.25, 0.3) is 0 Å². The minimum atomic E-state index is -3.37. The van der Waals surface area contributed by atoms with Crippen molar-refractivity contribution in [1.82, 2.24) is 5.09 Å². The van der Waals surface area contributed by atoms with Gasteiger partial charge in [0, 0.05) is 5.92 Å². The predicted molar refractivity (Wildman–Crippen MR) is 87.1 cm³/mol. The second-order valence-corrected chi connectivity index (χ2v) is 6.17. The van der Waals surface area contributed by atoms with Crippen LogP contribution in [0.4, 0.5) is 0 Å². The van der Waals surface area contributed by atoms with Gasteiger partial charge in [0.1, 0.15) is 0 Å². The minimum absolute atomic E-state index is 0.0957. The molecule has 0 aliphatic carbocycles. The third kappa shape index (κ3) is 5.25. The first-order valence-electron chi connectivity index (χ1n) is 7.07. The van der Waals surface area contributed by atoms with Gasteiger partial charge in [-0.3, -0.25) is 9.05 Å². The number of hydrogen-bond donors (Lipinski definition) is 1. The fourth-order valence-electron chi connectivity index (χ4n) is 2.03. The zero-order chi connectivity index (χ0) is 15.7. The van der Waals surface area contributed by atoms with Crippen molar-refractivity contribution < 1.29 is 13.6 Å². The summed E-state index contributed by atoms with van der Waals surface area (Å²) < 4.78 is 23.3. The Morgan fingerprint density at radius 1 is 1.14 bits per heavy atom. The number of nitrogens with one attached hydrogen (secondary N) is 1. The van der Waals surface area contributed by atoms with E-state index in [-0.39, 0.29) is 12.0 Å². The number of benzene rings is 1. The van der Waals surface area contributed by atoms with Gasteiger partial charge in [-0.15, -0.1) is 13.2 Å². The summed E-state index contributed by atoms with van der Waals surface area (Å²) in [6, 6.07) is 9.44. The average Bonchev–Trinajstić information content (AvgIpc) is 2.49. The normalized spacial score (nSPS) is 13.1. The van der Waals surface area contributed by atoms with Crippen LogP contribution in [-0.2, 0) is 13.6 Å². The molecule has 5 heteroatoms. The van der Waals surface area contributed by atoms with Crippen molar-refractivity contribution in [3.63, 3.8) is 0 Å². The Hall–Kier alpha value is -1.19. The summed E-state index contributed by atoms with van der Waals surface area (Å²) >= 11 is 0. The highest BCUT2D eigenvalue weighted by molar-refractivity contribution is 7.51. The summed E-state index contributed by atoms with van der Waals surface area (Å²) in [6.45, 7) is 11.8. The first-order valence-corrected chi connectivity index (χ1v) is 8.61. The van der Waals surface area contributed by atoms with Gasteiger partial charge in [-0.2, -0.15) is 0 Å². The highest BCUT2D eigenvalue weighted by Crippen LogP contribution is 2.47. The largest absolute Gasteiger partial charge is 0.406 e. The molecule has 1 atom stereocenters. The van der Waals surface area contributed by atoms with Gasteiger partial charge >= 0.3 is 7.75 Å². The standard InChI is InChI=1S/C16H24NO3P/c1-5-14(6-2)16(15-12-10-9-11-13-15)17-21(18,19-7-3)20-8-4/h5-6,9-14,16H,1-2,7-8H2,3-4H3,(H,17,18). The van der Waals surface area contributed by atoms with Crippen molar-refractivity contribution in [1.29, 1.82) is 0 Å². The highest BCUT2D eigenvalue weighted by Gasteiger charge is 2.31. The molecule has 0 aliphatic rings. The van der Waals surface area contributed by atoms with Crippen LogP contribution in [0.15, 0.2) is 55.6 Å². The van der Waals surface area contributed by atoms with Gasteiger partial charge in [0.2, 0.25) is 0 Å². The van der Waals surface area contributed by atoms with Crippen LogP contribution in [0.5, 0.6) is 0 Å². The van der Waals surface area contributed by atoms with E-state index >= 15 is 0 Å². The molecule has 21 heavy (non-hydrogen) atoms. The summed E-state index contributed by atoms with van der Waals surface area (Å²) in [5.74, 6) is -0.0957. The topological polar surface area (TPSA) is 47.6 Å². The van der Waals surface area contributed by atoms with Crippen molar-refractivity contribution in [3.05, 3.63) is 61.2 Å². The van der Waals surface area contributed by atoms with Gasteiger partial charge in [0.05, 0.1) is 19.3 Å². The van der Waals surface area contributed by atoms with E-state index < -0.39 is 7.75 Å². The van der Waals surface area contributed by atoms with E-state index in [1.54, 1.807) is 26.0 Å². The van der Waals surface area contributed by atoms with Crippen molar-refractivity contribution in [2.75, 3.05) is 13.2 Å². The lowest BCUT2D eigenvalue weighted by Gasteiger charge is -2.28. The summed E-state index contributed by atoms with van der Waals surface area (Å²) in [5, 5.41) is 3.02. The maximum atomic E-state index is 12.7. The molecule has 1 N–H and O–H groups in total. The van der Waals surface area contributed by atoms with Crippen LogP contribution in [0.1, 0.15) is 25.5 Å². The summed E-state index contributed by atoms with van der Waals surface area (Å²) in [5.41, 5.74) is 0.974. The van der Waals surface area contributed by atoms with Crippen molar-refractivity contribution in [2.24, 2.45) is 5.92 Å². The Morgan fingerprint density at radius 2 is 1.67 bits per heavy atom. The molecule has 0 bridgehead atoms. The quantitative estimate of drug-likeness (QED) is 0.511. The van der Waals surface area contributed by atoms with E-state index in [0.717, 1.165) is 5.56 Å². The van der Waals surface area contributed by atoms with Crippen molar-refractivity contribution in [2.45, 2.75) is 19.9 Å². The first kappa shape index (κ1) is 17.9. The molecular formula is C16H24NO3P. The first-order chi connectivity index (χ1) is 10.1. The van der Waals surface area contributed by atoms with E-state index in [1.807, 2.05) is 30.3 Å². The van der Waals surface area contributed by atoms with Gasteiger partial charge < -0.3 is 0 Å². The number of hydrogen-bond acceptors (Lipinski definition) is 3. The van der Waals surface area contributed by atoms with Gasteiger partial charge in [-0.25, -0.2) is 9.65 Å². The molecule has 0 aliphatic heterocycles. The highest BCUT2D eigenvalue weighted by atomic mass is 31.2. The lowest BCUT2D eigenvalue weighted by Crippen LogP contribution is -2.26. The molecule has 0 saturated carbocycles. The lowest BCUT2D eigenvalue weighted by molar-refractivity contribution is 0.205. The zero-order valence-corrected chi connectivity index (χ0v) is 13.6. The lowest BCUT2D eigenvalue weighted by atomic mass is 9.94. The van der Waals surface area contributed by atoms with Crippen LogP contribution in [0, 0.1) is 5.92 Å². The van der Waals surface area contributed by atoms with E-state index in [1.165, 1.54) is 0 Å². The molecule has 0 fully saturated rings. The molecule has 0 aromatic heterocycles. The van der Waals surface area contributed by atoms with E-state index in [2.05, 4.69) is 18.2 Å². The molecule has 116 valence electrons. The predicted octanol–water partition coefficient (Wildman–Crippen LogP) is 4.49. The Morgan fingerprint density at radius 3 is 2.10 bits per heavy atom. The van der Waals surface area contributed by atoms with Crippen LogP contribution in [0.3, 0.4) is 0 Å². The molecular weight excluding hydrogens is 285 g/mol. The molecule has 1 aromatic carbocycles. The SMILES string of the molecule is C=CC(C=C)C(NP(=O)(OCC)OCC)c1ccccc1. The molecule has 0 saturated heterocycles. The Kier molecular flexibility index (Phi) is 7.62. The average molecular weight is 309 g/mol. The van der Waals surface area contributed by atoms with Crippen LogP contribution in [0.25, 0.3) is 0 Å². The minimum Gasteiger partial charge on any atom is -0.297 e. The number of rotatable bonds is 10. The zero-order valence-electron chi connectivity index (χ0n) is 12.7. The third-order valence-corrected chi connectivity index (χ3v) is 4.77. The molecule has 1 rings (SSSR count). The fourth-order valence-corrected chi connectivity index (χ4v) is 3.60. The Bertz CT molecular complexity index is 472. The van der Waals surface area contributed by atoms with Gasteiger partial charge in [-0.05, 0) is 19.4 Å². The molecule has 0 amide bonds. The maximum Gasteiger partial charge on any atom is 0.406 e. The van der Waals surface area contributed by atoms with Crippen LogP contribution in [0.2, 0.25) is 0 Å². The molecule has 0 radical (unpaired) electrons. The fraction of sp³-hybridized carbons (Fsp3) is 0.375. The maximum absolute atomic E-state index is 12.7. The van der Waals surface area contributed by atoms with E-state index in [0.29, 0.717) is 13.2 Å². The van der Waals surface area contributed by atoms with Crippen LogP contribution >= 0.6 is 7.75 Å². The molecule has 4 nitrogen and oxygen atoms in total. The second-order valence-electron chi connectivity index (χ2n) is 4.40. The third-order valence-electron chi connectivity index (χ3n) is 2.98. The summed E-state index contributed by atoms with van der Waals surface area (Å²) in [4.78, 5) is 0. The second kappa shape index (κ2) is 8.96. The monoisotopic (exact) mass is 309 g/mol. The van der Waals surface area contributed by atoms with Gasteiger partial charge in [0.15, 0.2) is 0 Å². The Labute approximate surface area is 127 Å².